The summed E-state index contributed by atoms with van der Waals surface area (Å²) in [5.74, 6) is -0.352. The first-order chi connectivity index (χ1) is 15.3. The fourth-order valence-electron chi connectivity index (χ4n) is 3.51. The predicted molar refractivity (Wildman–Crippen MR) is 105 cm³/mol. The van der Waals surface area contributed by atoms with Gasteiger partial charge in [-0.2, -0.15) is 31.4 Å². The zero-order valence-electron chi connectivity index (χ0n) is 17.6. The number of primary amides is 1. The van der Waals surface area contributed by atoms with Crippen molar-refractivity contribution in [2.24, 2.45) is 19.8 Å². The van der Waals surface area contributed by atoms with Crippen molar-refractivity contribution in [1.29, 1.82) is 0 Å². The smallest absolute Gasteiger partial charge is 0.364 e. The maximum absolute atomic E-state index is 12.7. The molecule has 0 radical (unpaired) electrons. The van der Waals surface area contributed by atoms with Gasteiger partial charge < -0.3 is 10.3 Å². The van der Waals surface area contributed by atoms with E-state index in [1.165, 1.54) is 13.2 Å². The average Bonchev–Trinajstić information content (AvgIpc) is 3.29. The zero-order valence-corrected chi connectivity index (χ0v) is 17.6. The van der Waals surface area contributed by atoms with E-state index in [9.17, 15) is 31.1 Å². The summed E-state index contributed by atoms with van der Waals surface area (Å²) in [5, 5.41) is 3.09. The molecule has 0 fully saturated rings. The van der Waals surface area contributed by atoms with Crippen LogP contribution in [-0.2, 0) is 39.3 Å². The summed E-state index contributed by atoms with van der Waals surface area (Å²) in [4.78, 5) is 18.5. The Labute approximate surface area is 184 Å². The van der Waals surface area contributed by atoms with E-state index in [2.05, 4.69) is 15.1 Å². The molecule has 1 aliphatic rings. The van der Waals surface area contributed by atoms with E-state index in [1.54, 1.807) is 6.07 Å². The third-order valence-corrected chi connectivity index (χ3v) is 5.10. The second-order valence-electron chi connectivity index (χ2n) is 7.42. The van der Waals surface area contributed by atoms with Gasteiger partial charge in [-0.3, -0.25) is 14.5 Å². The third kappa shape index (κ3) is 5.34. The van der Waals surface area contributed by atoms with Gasteiger partial charge in [0.1, 0.15) is 17.2 Å². The van der Waals surface area contributed by atoms with Crippen LogP contribution in [0.2, 0.25) is 0 Å². The Kier molecular flexibility index (Phi) is 6.52. The Morgan fingerprint density at radius 3 is 2.15 bits per heavy atom. The maximum Gasteiger partial charge on any atom is 0.435 e. The summed E-state index contributed by atoms with van der Waals surface area (Å²) in [6, 6.07) is 3.25. The number of rotatable bonds is 2. The van der Waals surface area contributed by atoms with Gasteiger partial charge in [0.15, 0.2) is 5.69 Å². The molecule has 0 aromatic carbocycles. The summed E-state index contributed by atoms with van der Waals surface area (Å²) in [5.41, 5.74) is 5.14. The summed E-state index contributed by atoms with van der Waals surface area (Å²) < 4.78 is 76.9. The standard InChI is InChI=1S/C14H14F3N3.C6H6F3N3O/c1-20-11-5-3-2-4-10(11)19-13(20)9-6-7-18-12(8-9)14(15,16)17;1-12-3(5(10)13)2-4(11-12)6(7,8)9/h6-8H,2-5H2,1H3;2H,1H3,(H2,10,13). The SMILES string of the molecule is Cn1c(-c2ccnc(C(F)(F)F)c2)nc2c1CCCC2.Cn1nc(C(F)(F)F)cc1C(N)=O. The molecule has 1 amide bonds. The Bertz CT molecular complexity index is 1160. The molecule has 178 valence electrons. The number of aryl methyl sites for hydroxylation is 2. The molecular formula is C20H20F6N6O. The number of amides is 1. The van der Waals surface area contributed by atoms with E-state index in [0.29, 0.717) is 17.5 Å². The molecule has 0 aliphatic heterocycles. The summed E-state index contributed by atoms with van der Waals surface area (Å²) in [6.45, 7) is 0. The minimum Gasteiger partial charge on any atom is -0.364 e. The van der Waals surface area contributed by atoms with Crippen LogP contribution in [0.1, 0.15) is 46.1 Å². The molecule has 7 nitrogen and oxygen atoms in total. The van der Waals surface area contributed by atoms with Gasteiger partial charge in [-0.15, -0.1) is 0 Å². The van der Waals surface area contributed by atoms with E-state index >= 15 is 0 Å². The van der Waals surface area contributed by atoms with E-state index < -0.39 is 29.6 Å². The Balaban J connectivity index is 0.000000205. The van der Waals surface area contributed by atoms with Crippen LogP contribution in [-0.4, -0.2) is 30.2 Å². The number of nitrogens with two attached hydrogens (primary N) is 1. The number of fused-ring (bicyclic) bond motifs is 1. The van der Waals surface area contributed by atoms with E-state index in [4.69, 9.17) is 5.73 Å². The first kappa shape index (κ1) is 24.3. The number of imidazole rings is 1. The lowest BCUT2D eigenvalue weighted by Crippen LogP contribution is -2.15. The van der Waals surface area contributed by atoms with Crippen molar-refractivity contribution in [2.45, 2.75) is 38.0 Å². The number of halogens is 6. The van der Waals surface area contributed by atoms with Gasteiger partial charge in [-0.25, -0.2) is 4.98 Å². The molecule has 0 saturated heterocycles. The van der Waals surface area contributed by atoms with Crippen molar-refractivity contribution >= 4 is 5.91 Å². The summed E-state index contributed by atoms with van der Waals surface area (Å²) in [6.07, 6.45) is -3.75. The van der Waals surface area contributed by atoms with E-state index in [-0.39, 0.29) is 5.69 Å². The molecule has 33 heavy (non-hydrogen) atoms. The molecule has 4 rings (SSSR count). The predicted octanol–water partition coefficient (Wildman–Crippen LogP) is 3.92. The van der Waals surface area contributed by atoms with Crippen molar-refractivity contribution in [3.05, 3.63) is 52.9 Å². The van der Waals surface area contributed by atoms with Gasteiger partial charge in [-0.05, 0) is 37.8 Å². The second kappa shape index (κ2) is 8.87. The molecule has 0 unspecified atom stereocenters. The van der Waals surface area contributed by atoms with Crippen LogP contribution >= 0.6 is 0 Å². The molecule has 0 spiro atoms. The van der Waals surface area contributed by atoms with Gasteiger partial charge >= 0.3 is 12.4 Å². The van der Waals surface area contributed by atoms with Crippen LogP contribution in [0, 0.1) is 0 Å². The molecule has 2 N–H and O–H groups in total. The third-order valence-electron chi connectivity index (χ3n) is 5.10. The minimum atomic E-state index is -4.55. The van der Waals surface area contributed by atoms with Crippen molar-refractivity contribution in [3.63, 3.8) is 0 Å². The highest BCUT2D eigenvalue weighted by atomic mass is 19.4. The van der Waals surface area contributed by atoms with Crippen molar-refractivity contribution in [2.75, 3.05) is 0 Å². The molecule has 13 heteroatoms. The quantitative estimate of drug-likeness (QED) is 0.570. The normalized spacial score (nSPS) is 13.8. The van der Waals surface area contributed by atoms with Gasteiger partial charge in [0.05, 0.1) is 5.69 Å². The van der Waals surface area contributed by atoms with E-state index in [1.807, 2.05) is 11.6 Å². The fourth-order valence-corrected chi connectivity index (χ4v) is 3.51. The first-order valence-electron chi connectivity index (χ1n) is 9.78. The topological polar surface area (TPSA) is 91.6 Å². The minimum absolute atomic E-state index is 0.271. The van der Waals surface area contributed by atoms with Crippen LogP contribution in [0.25, 0.3) is 11.4 Å². The Morgan fingerprint density at radius 1 is 1.00 bits per heavy atom. The highest BCUT2D eigenvalue weighted by Gasteiger charge is 2.35. The second-order valence-corrected chi connectivity index (χ2v) is 7.42. The molecule has 3 heterocycles. The maximum atomic E-state index is 12.7. The number of carbonyl (C=O) groups is 1. The molecule has 3 aromatic rings. The molecule has 0 saturated carbocycles. The highest BCUT2D eigenvalue weighted by molar-refractivity contribution is 5.91. The number of carbonyl (C=O) groups excluding carboxylic acids is 1. The van der Waals surface area contributed by atoms with Gasteiger partial charge in [-0.1, -0.05) is 0 Å². The number of pyridine rings is 1. The summed E-state index contributed by atoms with van der Waals surface area (Å²) in [7, 11) is 3.08. The van der Waals surface area contributed by atoms with Crippen LogP contribution in [0.4, 0.5) is 26.3 Å². The molecular weight excluding hydrogens is 454 g/mol. The zero-order chi connectivity index (χ0) is 24.6. The average molecular weight is 474 g/mol. The number of nitrogens with zero attached hydrogens (tertiary/aromatic N) is 5. The Morgan fingerprint density at radius 2 is 1.64 bits per heavy atom. The van der Waals surface area contributed by atoms with Crippen molar-refractivity contribution in [1.82, 2.24) is 24.3 Å². The van der Waals surface area contributed by atoms with Gasteiger partial charge in [0.25, 0.3) is 5.91 Å². The Hall–Kier alpha value is -3.38. The van der Waals surface area contributed by atoms with Gasteiger partial charge in [0, 0.05) is 37.6 Å². The molecule has 0 bridgehead atoms. The van der Waals surface area contributed by atoms with Crippen LogP contribution in [0.15, 0.2) is 24.4 Å². The number of hydrogen-bond acceptors (Lipinski definition) is 4. The lowest BCUT2D eigenvalue weighted by molar-refractivity contribution is -0.142. The largest absolute Gasteiger partial charge is 0.435 e. The highest BCUT2D eigenvalue weighted by Crippen LogP contribution is 2.32. The number of aromatic nitrogens is 5. The lowest BCUT2D eigenvalue weighted by atomic mass is 10.0. The fraction of sp³-hybridized carbons (Fsp3) is 0.400. The van der Waals surface area contributed by atoms with Crippen LogP contribution in [0.3, 0.4) is 0 Å². The molecule has 1 aliphatic carbocycles. The van der Waals surface area contributed by atoms with Crippen LogP contribution in [0.5, 0.6) is 0 Å². The first-order valence-corrected chi connectivity index (χ1v) is 9.78. The van der Waals surface area contributed by atoms with Crippen molar-refractivity contribution < 1.29 is 31.1 Å². The number of alkyl halides is 6. The molecule has 0 atom stereocenters. The lowest BCUT2D eigenvalue weighted by Gasteiger charge is -2.11. The van der Waals surface area contributed by atoms with Gasteiger partial charge in [0.2, 0.25) is 0 Å². The van der Waals surface area contributed by atoms with Crippen molar-refractivity contribution in [3.8, 4) is 11.4 Å². The number of hydrogen-bond donors (Lipinski definition) is 1. The molecule has 3 aromatic heterocycles. The van der Waals surface area contributed by atoms with E-state index in [0.717, 1.165) is 47.8 Å². The van der Waals surface area contributed by atoms with Crippen LogP contribution < -0.4 is 5.73 Å². The monoisotopic (exact) mass is 474 g/mol. The summed E-state index contributed by atoms with van der Waals surface area (Å²) >= 11 is 0.